The number of amides is 1. The summed E-state index contributed by atoms with van der Waals surface area (Å²) in [7, 11) is 0. The average molecular weight is 336 g/mol. The second-order valence-electron chi connectivity index (χ2n) is 7.04. The molecule has 6 nitrogen and oxygen atoms in total. The van der Waals surface area contributed by atoms with E-state index in [1.54, 1.807) is 0 Å². The number of hydrogen-bond donors (Lipinski definition) is 1. The number of hydrogen-bond acceptors (Lipinski definition) is 5. The predicted octanol–water partition coefficient (Wildman–Crippen LogP) is 2.33. The number of carbonyl (C=O) groups is 1. The van der Waals surface area contributed by atoms with Crippen LogP contribution in [0.1, 0.15) is 61.3 Å². The van der Waals surface area contributed by atoms with Crippen LogP contribution in [0.25, 0.3) is 0 Å². The lowest BCUT2D eigenvalue weighted by Gasteiger charge is -2.56. The summed E-state index contributed by atoms with van der Waals surface area (Å²) in [4.78, 5) is 14.8. The maximum Gasteiger partial charge on any atom is 0.259 e. The van der Waals surface area contributed by atoms with E-state index in [2.05, 4.69) is 12.1 Å². The zero-order chi connectivity index (χ0) is 17.3. The van der Waals surface area contributed by atoms with E-state index >= 15 is 0 Å². The van der Waals surface area contributed by atoms with Crippen LogP contribution >= 0.6 is 0 Å². The zero-order valence-corrected chi connectivity index (χ0v) is 14.9. The van der Waals surface area contributed by atoms with Gasteiger partial charge in [-0.25, -0.2) is 0 Å². The first-order valence-electron chi connectivity index (χ1n) is 9.07. The van der Waals surface area contributed by atoms with Crippen LogP contribution in [0.4, 0.5) is 0 Å². The molecule has 1 amide bonds. The standard InChI is InChI=1S/C18H28N2O4/c1-4-6-13-16(12(3)19-24-13)17(22)20-9-7-18(8-10-20)14(21)11-15(18)23-5-2/h14-15,21H,4-11H2,1-3H3/t14-,15+/m0/s1. The molecule has 1 aromatic rings. The van der Waals surface area contributed by atoms with Crippen LogP contribution in [0.3, 0.4) is 0 Å². The van der Waals surface area contributed by atoms with E-state index in [9.17, 15) is 9.90 Å². The summed E-state index contributed by atoms with van der Waals surface area (Å²) < 4.78 is 11.1. The summed E-state index contributed by atoms with van der Waals surface area (Å²) in [6.45, 7) is 7.83. The van der Waals surface area contributed by atoms with Gasteiger partial charge in [-0.1, -0.05) is 12.1 Å². The highest BCUT2D eigenvalue weighted by Crippen LogP contribution is 2.51. The molecule has 134 valence electrons. The average Bonchev–Trinajstić information content (AvgIpc) is 2.95. The number of piperidine rings is 1. The van der Waals surface area contributed by atoms with Gasteiger partial charge >= 0.3 is 0 Å². The molecule has 0 bridgehead atoms. The van der Waals surface area contributed by atoms with Crippen molar-refractivity contribution in [1.29, 1.82) is 0 Å². The topological polar surface area (TPSA) is 75.8 Å². The molecule has 2 aliphatic rings. The highest BCUT2D eigenvalue weighted by molar-refractivity contribution is 5.96. The molecular formula is C18H28N2O4. The van der Waals surface area contributed by atoms with Gasteiger partial charge in [0.2, 0.25) is 0 Å². The van der Waals surface area contributed by atoms with Crippen molar-refractivity contribution in [2.45, 2.75) is 65.1 Å². The van der Waals surface area contributed by atoms with Gasteiger partial charge in [-0.05, 0) is 33.1 Å². The van der Waals surface area contributed by atoms with Gasteiger partial charge in [-0.15, -0.1) is 0 Å². The lowest BCUT2D eigenvalue weighted by Crippen LogP contribution is -2.62. The Kier molecular flexibility index (Phi) is 4.97. The molecule has 0 radical (unpaired) electrons. The van der Waals surface area contributed by atoms with Gasteiger partial charge in [-0.2, -0.15) is 0 Å². The van der Waals surface area contributed by atoms with Gasteiger partial charge in [0.05, 0.1) is 17.9 Å². The molecule has 1 aliphatic carbocycles. The quantitative estimate of drug-likeness (QED) is 0.893. The molecule has 3 rings (SSSR count). The molecular weight excluding hydrogens is 308 g/mol. The van der Waals surface area contributed by atoms with Gasteiger partial charge in [0.15, 0.2) is 0 Å². The van der Waals surface area contributed by atoms with Crippen LogP contribution in [-0.4, -0.2) is 53.0 Å². The SMILES string of the molecule is CCCc1onc(C)c1C(=O)N1CCC2(CC1)[C@@H](O)C[C@H]2OCC. The molecule has 24 heavy (non-hydrogen) atoms. The van der Waals surface area contributed by atoms with E-state index in [0.29, 0.717) is 43.1 Å². The summed E-state index contributed by atoms with van der Waals surface area (Å²) in [6, 6.07) is 0. The molecule has 6 heteroatoms. The largest absolute Gasteiger partial charge is 0.392 e. The lowest BCUT2D eigenvalue weighted by atomic mass is 9.58. The molecule has 1 aromatic heterocycles. The molecule has 1 aliphatic heterocycles. The van der Waals surface area contributed by atoms with Gasteiger partial charge in [0, 0.05) is 38.0 Å². The van der Waals surface area contributed by atoms with E-state index in [-0.39, 0.29) is 23.5 Å². The smallest absolute Gasteiger partial charge is 0.259 e. The van der Waals surface area contributed by atoms with Crippen LogP contribution < -0.4 is 0 Å². The summed E-state index contributed by atoms with van der Waals surface area (Å²) >= 11 is 0. The number of aliphatic hydroxyl groups is 1. The first-order chi connectivity index (χ1) is 11.5. The van der Waals surface area contributed by atoms with Crippen LogP contribution in [0.2, 0.25) is 0 Å². The number of ether oxygens (including phenoxy) is 1. The number of carbonyl (C=O) groups excluding carboxylic acids is 1. The Morgan fingerprint density at radius 2 is 2.12 bits per heavy atom. The molecule has 1 saturated heterocycles. The monoisotopic (exact) mass is 336 g/mol. The van der Waals surface area contributed by atoms with Crippen molar-refractivity contribution in [2.75, 3.05) is 19.7 Å². The van der Waals surface area contributed by atoms with Crippen LogP contribution in [0.15, 0.2) is 4.52 Å². The second kappa shape index (κ2) is 6.84. The van der Waals surface area contributed by atoms with Crippen LogP contribution in [0, 0.1) is 12.3 Å². The third-order valence-corrected chi connectivity index (χ3v) is 5.72. The van der Waals surface area contributed by atoms with E-state index in [0.717, 1.165) is 25.7 Å². The Hall–Kier alpha value is -1.40. The molecule has 2 heterocycles. The van der Waals surface area contributed by atoms with E-state index in [1.165, 1.54) is 0 Å². The predicted molar refractivity (Wildman–Crippen MR) is 88.8 cm³/mol. The van der Waals surface area contributed by atoms with Crippen molar-refractivity contribution in [2.24, 2.45) is 5.41 Å². The van der Waals surface area contributed by atoms with Gasteiger partial charge < -0.3 is 19.3 Å². The number of likely N-dealkylation sites (tertiary alicyclic amines) is 1. The number of aromatic nitrogens is 1. The maximum absolute atomic E-state index is 12.9. The minimum Gasteiger partial charge on any atom is -0.392 e. The Balaban J connectivity index is 1.69. The Morgan fingerprint density at radius 1 is 1.42 bits per heavy atom. The molecule has 2 fully saturated rings. The highest BCUT2D eigenvalue weighted by atomic mass is 16.5. The number of aryl methyl sites for hydroxylation is 2. The van der Waals surface area contributed by atoms with Crippen molar-refractivity contribution in [3.05, 3.63) is 17.0 Å². The maximum atomic E-state index is 12.9. The van der Waals surface area contributed by atoms with E-state index < -0.39 is 0 Å². The molecule has 1 saturated carbocycles. The third-order valence-electron chi connectivity index (χ3n) is 5.72. The Bertz CT molecular complexity index is 588. The van der Waals surface area contributed by atoms with Gasteiger partial charge in [-0.3, -0.25) is 4.79 Å². The van der Waals surface area contributed by atoms with Crippen LogP contribution in [-0.2, 0) is 11.2 Å². The Morgan fingerprint density at radius 3 is 2.71 bits per heavy atom. The highest BCUT2D eigenvalue weighted by Gasteiger charge is 2.56. The van der Waals surface area contributed by atoms with Gasteiger partial charge in [0.1, 0.15) is 11.3 Å². The van der Waals surface area contributed by atoms with Crippen molar-refractivity contribution >= 4 is 5.91 Å². The van der Waals surface area contributed by atoms with E-state index in [4.69, 9.17) is 9.26 Å². The fraction of sp³-hybridized carbons (Fsp3) is 0.778. The van der Waals surface area contributed by atoms with Crippen LogP contribution in [0.5, 0.6) is 0 Å². The van der Waals surface area contributed by atoms with Crippen molar-refractivity contribution in [3.63, 3.8) is 0 Å². The normalized spacial score (nSPS) is 25.8. The van der Waals surface area contributed by atoms with Gasteiger partial charge in [0.25, 0.3) is 5.91 Å². The number of rotatable bonds is 5. The minimum atomic E-state index is -0.306. The Labute approximate surface area is 143 Å². The second-order valence-corrected chi connectivity index (χ2v) is 7.04. The fourth-order valence-corrected chi connectivity index (χ4v) is 4.19. The first kappa shape index (κ1) is 17.4. The molecule has 1 N–H and O–H groups in total. The fourth-order valence-electron chi connectivity index (χ4n) is 4.19. The third kappa shape index (κ3) is 2.75. The van der Waals surface area contributed by atoms with Crippen molar-refractivity contribution in [3.8, 4) is 0 Å². The summed E-state index contributed by atoms with van der Waals surface area (Å²) in [5.74, 6) is 0.699. The molecule has 0 aromatic carbocycles. The summed E-state index contributed by atoms with van der Waals surface area (Å²) in [5, 5.41) is 14.3. The van der Waals surface area contributed by atoms with E-state index in [1.807, 2.05) is 18.7 Å². The first-order valence-corrected chi connectivity index (χ1v) is 9.07. The summed E-state index contributed by atoms with van der Waals surface area (Å²) in [6.07, 6.45) is 3.76. The molecule has 0 unspecified atom stereocenters. The zero-order valence-electron chi connectivity index (χ0n) is 14.9. The minimum absolute atomic E-state index is 0.00817. The van der Waals surface area contributed by atoms with Crippen molar-refractivity contribution in [1.82, 2.24) is 10.1 Å². The number of nitrogens with zero attached hydrogens (tertiary/aromatic N) is 2. The molecule has 1 spiro atoms. The number of aliphatic hydroxyl groups excluding tert-OH is 1. The summed E-state index contributed by atoms with van der Waals surface area (Å²) in [5.41, 5.74) is 1.13. The van der Waals surface area contributed by atoms with Crippen molar-refractivity contribution < 1.29 is 19.2 Å². The molecule has 2 atom stereocenters. The lowest BCUT2D eigenvalue weighted by molar-refractivity contribution is -0.207.